The van der Waals surface area contributed by atoms with Crippen LogP contribution >= 0.6 is 0 Å². The van der Waals surface area contributed by atoms with E-state index < -0.39 is 0 Å². The number of H-pyrrole nitrogens is 1. The van der Waals surface area contributed by atoms with E-state index in [9.17, 15) is 9.59 Å². The summed E-state index contributed by atoms with van der Waals surface area (Å²) in [5.74, 6) is 2.02. The number of hydrogen-bond acceptors (Lipinski definition) is 8. The molecule has 0 bridgehead atoms. The highest BCUT2D eigenvalue weighted by Gasteiger charge is 2.14. The maximum Gasteiger partial charge on any atom is 0.273 e. The zero-order valence-corrected chi connectivity index (χ0v) is 22.0. The van der Waals surface area contributed by atoms with Crippen LogP contribution in [0.1, 0.15) is 36.9 Å². The van der Waals surface area contributed by atoms with Crippen LogP contribution in [0, 0.1) is 0 Å². The van der Waals surface area contributed by atoms with Crippen LogP contribution in [0.25, 0.3) is 11.4 Å². The van der Waals surface area contributed by atoms with Crippen LogP contribution in [0.15, 0.2) is 47.3 Å². The monoisotopic (exact) mass is 521 g/mol. The molecule has 0 spiro atoms. The summed E-state index contributed by atoms with van der Waals surface area (Å²) in [6, 6.07) is 12.9. The Balaban J connectivity index is 1.31. The number of methoxy groups -OCH3 is 2. The number of nitrogens with one attached hydrogen (secondary N) is 2. The molecule has 1 amide bonds. The van der Waals surface area contributed by atoms with Gasteiger partial charge in [-0.3, -0.25) is 9.59 Å². The molecule has 1 saturated heterocycles. The number of benzene rings is 2. The van der Waals surface area contributed by atoms with Crippen LogP contribution in [0.2, 0.25) is 0 Å². The molecule has 1 fully saturated rings. The van der Waals surface area contributed by atoms with Crippen molar-refractivity contribution in [2.45, 2.75) is 38.7 Å². The first-order chi connectivity index (χ1) is 18.6. The quantitative estimate of drug-likeness (QED) is 0.374. The third kappa shape index (κ3) is 7.55. The summed E-state index contributed by atoms with van der Waals surface area (Å²) >= 11 is 0. The molecule has 0 atom stereocenters. The lowest BCUT2D eigenvalue weighted by Gasteiger charge is -2.26. The number of aromatic nitrogens is 3. The SMILES string of the molecule is COc1cccc(COc2ccc(-c3nnc(CCC(=O)NCCN4CCCCC4)c(=O)[nH]3)cc2OC)c1. The molecular formula is C28H35N5O5. The van der Waals surface area contributed by atoms with Crippen molar-refractivity contribution >= 4 is 5.91 Å². The molecule has 3 aromatic rings. The van der Waals surface area contributed by atoms with Gasteiger partial charge >= 0.3 is 0 Å². The Bertz CT molecular complexity index is 1270. The third-order valence-electron chi connectivity index (χ3n) is 6.52. The number of nitrogens with zero attached hydrogens (tertiary/aromatic N) is 3. The number of hydrogen-bond donors (Lipinski definition) is 2. The summed E-state index contributed by atoms with van der Waals surface area (Å²) in [5, 5.41) is 11.2. The zero-order valence-electron chi connectivity index (χ0n) is 22.0. The summed E-state index contributed by atoms with van der Waals surface area (Å²) in [7, 11) is 3.17. The lowest BCUT2D eigenvalue weighted by atomic mass is 10.1. The molecule has 1 aromatic heterocycles. The minimum absolute atomic E-state index is 0.0958. The van der Waals surface area contributed by atoms with E-state index in [1.165, 1.54) is 19.3 Å². The first kappa shape index (κ1) is 27.1. The summed E-state index contributed by atoms with van der Waals surface area (Å²) in [6.45, 7) is 4.00. The standard InChI is InChI=1S/C28H35N5O5/c1-36-22-8-6-7-20(17-22)19-38-24-11-9-21(18-25(24)37-2)27-30-28(35)23(31-32-27)10-12-26(34)29-13-16-33-14-4-3-5-15-33/h6-9,11,17-18H,3-5,10,12-16,19H2,1-2H3,(H,29,34)(H,30,32,35). The van der Waals surface area contributed by atoms with Crippen molar-refractivity contribution < 1.29 is 19.0 Å². The topological polar surface area (TPSA) is 119 Å². The number of aromatic amines is 1. The first-order valence-corrected chi connectivity index (χ1v) is 12.9. The number of likely N-dealkylation sites (tertiary alicyclic amines) is 1. The second kappa shape index (κ2) is 13.6. The van der Waals surface area contributed by atoms with Gasteiger partial charge in [0.1, 0.15) is 18.1 Å². The molecule has 202 valence electrons. The minimum Gasteiger partial charge on any atom is -0.497 e. The molecular weight excluding hydrogens is 486 g/mol. The molecule has 4 rings (SSSR count). The predicted molar refractivity (Wildman–Crippen MR) is 144 cm³/mol. The zero-order chi connectivity index (χ0) is 26.7. The van der Waals surface area contributed by atoms with Crippen LogP contribution < -0.4 is 25.1 Å². The van der Waals surface area contributed by atoms with E-state index in [4.69, 9.17) is 14.2 Å². The Morgan fingerprint density at radius 3 is 2.63 bits per heavy atom. The number of carbonyl (C=O) groups is 1. The molecule has 2 heterocycles. The van der Waals surface area contributed by atoms with Gasteiger partial charge in [0.15, 0.2) is 17.3 Å². The number of aryl methyl sites for hydroxylation is 1. The summed E-state index contributed by atoms with van der Waals surface area (Å²) in [5.41, 5.74) is 1.44. The fourth-order valence-corrected chi connectivity index (χ4v) is 4.37. The van der Waals surface area contributed by atoms with E-state index in [0.29, 0.717) is 36.0 Å². The lowest BCUT2D eigenvalue weighted by Crippen LogP contribution is -2.37. The maximum atomic E-state index is 12.6. The van der Waals surface area contributed by atoms with E-state index in [0.717, 1.165) is 30.9 Å². The molecule has 1 aliphatic heterocycles. The number of amides is 1. The lowest BCUT2D eigenvalue weighted by molar-refractivity contribution is -0.121. The molecule has 0 unspecified atom stereocenters. The number of piperidine rings is 1. The molecule has 38 heavy (non-hydrogen) atoms. The van der Waals surface area contributed by atoms with Gasteiger partial charge in [-0.25, -0.2) is 0 Å². The Kier molecular flexibility index (Phi) is 9.69. The number of ether oxygens (including phenoxy) is 3. The second-order valence-corrected chi connectivity index (χ2v) is 9.21. The Hall–Kier alpha value is -3.92. The summed E-state index contributed by atoms with van der Waals surface area (Å²) in [6.07, 6.45) is 4.14. The van der Waals surface area contributed by atoms with Crippen molar-refractivity contribution in [2.24, 2.45) is 0 Å². The average molecular weight is 522 g/mol. The average Bonchev–Trinajstić information content (AvgIpc) is 2.96. The van der Waals surface area contributed by atoms with Gasteiger partial charge in [0.25, 0.3) is 5.56 Å². The third-order valence-corrected chi connectivity index (χ3v) is 6.52. The van der Waals surface area contributed by atoms with Crippen LogP contribution in [-0.2, 0) is 17.8 Å². The normalized spacial score (nSPS) is 13.6. The van der Waals surface area contributed by atoms with Gasteiger partial charge in [0.2, 0.25) is 5.91 Å². The van der Waals surface area contributed by atoms with Crippen molar-refractivity contribution in [1.29, 1.82) is 0 Å². The summed E-state index contributed by atoms with van der Waals surface area (Å²) < 4.78 is 16.7. The van der Waals surface area contributed by atoms with Crippen molar-refractivity contribution in [2.75, 3.05) is 40.4 Å². The molecule has 0 aliphatic carbocycles. The van der Waals surface area contributed by atoms with Crippen molar-refractivity contribution in [1.82, 2.24) is 25.4 Å². The fourth-order valence-electron chi connectivity index (χ4n) is 4.37. The van der Waals surface area contributed by atoms with Gasteiger partial charge in [-0.15, -0.1) is 10.2 Å². The van der Waals surface area contributed by atoms with Crippen LogP contribution in [0.3, 0.4) is 0 Å². The van der Waals surface area contributed by atoms with Gasteiger partial charge in [0, 0.05) is 31.5 Å². The minimum atomic E-state index is -0.367. The van der Waals surface area contributed by atoms with Crippen molar-refractivity contribution in [3.63, 3.8) is 0 Å². The van der Waals surface area contributed by atoms with Gasteiger partial charge in [-0.05, 0) is 61.8 Å². The molecule has 2 aromatic carbocycles. The Labute approximate surface area is 222 Å². The molecule has 0 saturated carbocycles. The molecule has 2 N–H and O–H groups in total. The predicted octanol–water partition coefficient (Wildman–Crippen LogP) is 2.96. The van der Waals surface area contributed by atoms with E-state index in [-0.39, 0.29) is 30.0 Å². The van der Waals surface area contributed by atoms with Crippen LogP contribution in [0.4, 0.5) is 0 Å². The highest BCUT2D eigenvalue weighted by Crippen LogP contribution is 2.32. The van der Waals surface area contributed by atoms with Gasteiger partial charge in [-0.2, -0.15) is 0 Å². The van der Waals surface area contributed by atoms with E-state index in [2.05, 4.69) is 25.4 Å². The van der Waals surface area contributed by atoms with Gasteiger partial charge in [0.05, 0.1) is 14.2 Å². The molecule has 10 nitrogen and oxygen atoms in total. The van der Waals surface area contributed by atoms with E-state index in [1.54, 1.807) is 32.4 Å². The first-order valence-electron chi connectivity index (χ1n) is 12.9. The highest BCUT2D eigenvalue weighted by molar-refractivity contribution is 5.76. The van der Waals surface area contributed by atoms with Crippen LogP contribution in [0.5, 0.6) is 17.2 Å². The molecule has 10 heteroatoms. The Morgan fingerprint density at radius 1 is 1.03 bits per heavy atom. The highest BCUT2D eigenvalue weighted by atomic mass is 16.5. The van der Waals surface area contributed by atoms with Crippen LogP contribution in [-0.4, -0.2) is 66.4 Å². The van der Waals surface area contributed by atoms with Gasteiger partial charge < -0.3 is 29.4 Å². The molecule has 1 aliphatic rings. The summed E-state index contributed by atoms with van der Waals surface area (Å²) in [4.78, 5) is 30.0. The van der Waals surface area contributed by atoms with Crippen molar-refractivity contribution in [3.8, 4) is 28.6 Å². The van der Waals surface area contributed by atoms with Gasteiger partial charge in [-0.1, -0.05) is 18.6 Å². The maximum absolute atomic E-state index is 12.6. The van der Waals surface area contributed by atoms with E-state index in [1.807, 2.05) is 24.3 Å². The fraction of sp³-hybridized carbons (Fsp3) is 0.429. The Morgan fingerprint density at radius 2 is 1.87 bits per heavy atom. The van der Waals surface area contributed by atoms with E-state index >= 15 is 0 Å². The number of carbonyl (C=O) groups excluding carboxylic acids is 1. The second-order valence-electron chi connectivity index (χ2n) is 9.21. The smallest absolute Gasteiger partial charge is 0.273 e. The van der Waals surface area contributed by atoms with Crippen molar-refractivity contribution in [3.05, 3.63) is 64.1 Å². The largest absolute Gasteiger partial charge is 0.497 e. The molecule has 0 radical (unpaired) electrons. The number of rotatable bonds is 12.